The van der Waals surface area contributed by atoms with Crippen LogP contribution in [0.2, 0.25) is 0 Å². The highest BCUT2D eigenvalue weighted by atomic mass is 32.1. The van der Waals surface area contributed by atoms with Crippen molar-refractivity contribution in [2.75, 3.05) is 6.54 Å². The van der Waals surface area contributed by atoms with Gasteiger partial charge >= 0.3 is 0 Å². The van der Waals surface area contributed by atoms with Crippen LogP contribution in [0.15, 0.2) is 0 Å². The summed E-state index contributed by atoms with van der Waals surface area (Å²) in [7, 11) is 0. The second-order valence-electron chi connectivity index (χ2n) is 6.04. The largest absolute Gasteiger partial charge is 0.376 e. The van der Waals surface area contributed by atoms with Gasteiger partial charge in [0.1, 0.15) is 0 Å². The van der Waals surface area contributed by atoms with Gasteiger partial charge < -0.3 is 16.8 Å². The van der Waals surface area contributed by atoms with Gasteiger partial charge in [0.2, 0.25) is 0 Å². The first kappa shape index (κ1) is 12.7. The van der Waals surface area contributed by atoms with E-state index in [1.54, 1.807) is 0 Å². The van der Waals surface area contributed by atoms with Crippen LogP contribution in [0.25, 0.3) is 0 Å². The molecule has 2 unspecified atom stereocenters. The van der Waals surface area contributed by atoms with Gasteiger partial charge in [0, 0.05) is 12.6 Å². The summed E-state index contributed by atoms with van der Waals surface area (Å²) >= 11 is 4.84. The lowest BCUT2D eigenvalue weighted by atomic mass is 9.63. The highest BCUT2D eigenvalue weighted by molar-refractivity contribution is 7.80. The lowest BCUT2D eigenvalue weighted by Crippen LogP contribution is -2.48. The Morgan fingerprint density at radius 2 is 2.00 bits per heavy atom. The number of hydrogen-bond donors (Lipinski definition) is 3. The van der Waals surface area contributed by atoms with Crippen molar-refractivity contribution in [2.24, 2.45) is 22.3 Å². The lowest BCUT2D eigenvalue weighted by molar-refractivity contribution is 0.0867. The molecule has 5 N–H and O–H groups in total. The third-order valence-corrected chi connectivity index (χ3v) is 3.31. The second-order valence-corrected chi connectivity index (χ2v) is 6.48. The molecule has 1 aliphatic carbocycles. The maximum atomic E-state index is 6.10. The number of nitrogens with two attached hydrogens (primary N) is 2. The third-order valence-electron chi connectivity index (χ3n) is 3.16. The molecule has 0 amide bonds. The molecule has 0 spiro atoms. The van der Waals surface area contributed by atoms with E-state index in [1.165, 1.54) is 6.42 Å². The number of thiocarbonyl (C=S) groups is 1. The molecule has 0 aromatic carbocycles. The normalized spacial score (nSPS) is 34.8. The molecule has 2 atom stereocenters. The summed E-state index contributed by atoms with van der Waals surface area (Å²) in [6.45, 7) is 7.66. The first-order valence-electron chi connectivity index (χ1n) is 5.51. The molecule has 0 aromatic heterocycles. The molecule has 15 heavy (non-hydrogen) atoms. The zero-order chi connectivity index (χ0) is 11.7. The highest BCUT2D eigenvalue weighted by Crippen LogP contribution is 2.45. The molecule has 1 rings (SSSR count). The third kappa shape index (κ3) is 3.95. The van der Waals surface area contributed by atoms with Crippen molar-refractivity contribution in [1.29, 1.82) is 0 Å². The Kier molecular flexibility index (Phi) is 3.61. The summed E-state index contributed by atoms with van der Waals surface area (Å²) < 4.78 is 0. The summed E-state index contributed by atoms with van der Waals surface area (Å²) in [6, 6.07) is 0.298. The predicted octanol–water partition coefficient (Wildman–Crippen LogP) is 1.36. The van der Waals surface area contributed by atoms with Gasteiger partial charge in [-0.2, -0.15) is 0 Å². The highest BCUT2D eigenvalue weighted by Gasteiger charge is 2.39. The first-order valence-corrected chi connectivity index (χ1v) is 5.92. The van der Waals surface area contributed by atoms with Crippen LogP contribution in [0.1, 0.15) is 40.0 Å². The van der Waals surface area contributed by atoms with E-state index in [1.807, 2.05) is 0 Å². The average Bonchev–Trinajstić information content (AvgIpc) is 1.96. The molecule has 0 heterocycles. The van der Waals surface area contributed by atoms with Crippen molar-refractivity contribution < 1.29 is 0 Å². The molecule has 0 aromatic rings. The summed E-state index contributed by atoms with van der Waals surface area (Å²) in [4.78, 5) is 0. The topological polar surface area (TPSA) is 64.1 Å². The number of hydrogen-bond acceptors (Lipinski definition) is 2. The van der Waals surface area contributed by atoms with Gasteiger partial charge in [-0.1, -0.05) is 20.8 Å². The molecule has 88 valence electrons. The maximum Gasteiger partial charge on any atom is 0.163 e. The Labute approximate surface area is 98.0 Å². The second kappa shape index (κ2) is 4.26. The van der Waals surface area contributed by atoms with Crippen LogP contribution in [-0.4, -0.2) is 17.7 Å². The van der Waals surface area contributed by atoms with Gasteiger partial charge in [0.05, 0.1) is 0 Å². The van der Waals surface area contributed by atoms with E-state index in [4.69, 9.17) is 23.7 Å². The van der Waals surface area contributed by atoms with Crippen molar-refractivity contribution in [3.05, 3.63) is 0 Å². The van der Waals surface area contributed by atoms with Crippen LogP contribution >= 0.6 is 12.2 Å². The Bertz CT molecular complexity index is 252. The molecule has 0 saturated heterocycles. The monoisotopic (exact) mass is 229 g/mol. The fourth-order valence-electron chi connectivity index (χ4n) is 3.15. The molecule has 0 bridgehead atoms. The van der Waals surface area contributed by atoms with Crippen LogP contribution in [0.5, 0.6) is 0 Å². The standard InChI is InChI=1S/C11H23N3S/c1-10(2)4-8(12)5-11(3,6-10)7-14-9(13)15/h8H,4-7,12H2,1-3H3,(H3,13,14,15). The average molecular weight is 229 g/mol. The van der Waals surface area contributed by atoms with Gasteiger partial charge in [-0.3, -0.25) is 0 Å². The van der Waals surface area contributed by atoms with E-state index in [9.17, 15) is 0 Å². The van der Waals surface area contributed by atoms with Crippen LogP contribution in [0, 0.1) is 10.8 Å². The number of nitrogens with one attached hydrogen (secondary N) is 1. The van der Waals surface area contributed by atoms with Gasteiger partial charge in [-0.15, -0.1) is 0 Å². The summed E-state index contributed by atoms with van der Waals surface area (Å²) in [5.41, 5.74) is 12.1. The van der Waals surface area contributed by atoms with E-state index in [2.05, 4.69) is 26.1 Å². The molecule has 4 heteroatoms. The molecule has 1 fully saturated rings. The Morgan fingerprint density at radius 1 is 1.40 bits per heavy atom. The molecule has 1 aliphatic rings. The molecule has 0 radical (unpaired) electrons. The molecule has 3 nitrogen and oxygen atoms in total. The van der Waals surface area contributed by atoms with E-state index in [-0.39, 0.29) is 5.41 Å². The van der Waals surface area contributed by atoms with Crippen LogP contribution in [-0.2, 0) is 0 Å². The predicted molar refractivity (Wildman–Crippen MR) is 68.5 cm³/mol. The van der Waals surface area contributed by atoms with Gasteiger partial charge in [-0.25, -0.2) is 0 Å². The minimum absolute atomic E-state index is 0.213. The molecular weight excluding hydrogens is 206 g/mol. The van der Waals surface area contributed by atoms with Gasteiger partial charge in [0.25, 0.3) is 0 Å². The quantitative estimate of drug-likeness (QED) is 0.626. The van der Waals surface area contributed by atoms with E-state index < -0.39 is 0 Å². The smallest absolute Gasteiger partial charge is 0.163 e. The minimum Gasteiger partial charge on any atom is -0.376 e. The van der Waals surface area contributed by atoms with E-state index >= 15 is 0 Å². The molecule has 1 saturated carbocycles. The Balaban J connectivity index is 2.62. The first-order chi connectivity index (χ1) is 6.72. The summed E-state index contributed by atoms with van der Waals surface area (Å²) in [5, 5.41) is 3.45. The Morgan fingerprint density at radius 3 is 2.47 bits per heavy atom. The zero-order valence-corrected chi connectivity index (χ0v) is 10.8. The van der Waals surface area contributed by atoms with Gasteiger partial charge in [0.15, 0.2) is 5.11 Å². The van der Waals surface area contributed by atoms with Crippen molar-refractivity contribution in [2.45, 2.75) is 46.1 Å². The fraction of sp³-hybridized carbons (Fsp3) is 0.909. The maximum absolute atomic E-state index is 6.10. The summed E-state index contributed by atoms with van der Waals surface area (Å²) in [5.74, 6) is 0. The zero-order valence-electron chi connectivity index (χ0n) is 9.97. The fourth-order valence-corrected chi connectivity index (χ4v) is 3.22. The number of rotatable bonds is 2. The minimum atomic E-state index is 0.213. The van der Waals surface area contributed by atoms with Crippen LogP contribution in [0.3, 0.4) is 0 Å². The van der Waals surface area contributed by atoms with Crippen LogP contribution in [0.4, 0.5) is 0 Å². The van der Waals surface area contributed by atoms with E-state index in [0.717, 1.165) is 19.4 Å². The van der Waals surface area contributed by atoms with Crippen molar-refractivity contribution in [1.82, 2.24) is 5.32 Å². The lowest BCUT2D eigenvalue weighted by Gasteiger charge is -2.45. The molecule has 0 aliphatic heterocycles. The van der Waals surface area contributed by atoms with Crippen molar-refractivity contribution in [3.8, 4) is 0 Å². The van der Waals surface area contributed by atoms with Crippen molar-refractivity contribution in [3.63, 3.8) is 0 Å². The summed E-state index contributed by atoms with van der Waals surface area (Å²) in [6.07, 6.45) is 3.32. The van der Waals surface area contributed by atoms with Gasteiger partial charge in [-0.05, 0) is 42.3 Å². The van der Waals surface area contributed by atoms with Crippen molar-refractivity contribution >= 4 is 17.3 Å². The molecular formula is C11H23N3S. The Hall–Kier alpha value is -0.350. The SMILES string of the molecule is CC1(C)CC(N)CC(C)(CNC(N)=S)C1. The van der Waals surface area contributed by atoms with Crippen LogP contribution < -0.4 is 16.8 Å². The van der Waals surface area contributed by atoms with E-state index in [0.29, 0.717) is 16.6 Å².